The van der Waals surface area contributed by atoms with Gasteiger partial charge in [0.15, 0.2) is 0 Å². The average Bonchev–Trinajstić information content (AvgIpc) is 3.32. The van der Waals surface area contributed by atoms with Crippen molar-refractivity contribution in [3.63, 3.8) is 0 Å². The summed E-state index contributed by atoms with van der Waals surface area (Å²) in [4.78, 5) is 0. The summed E-state index contributed by atoms with van der Waals surface area (Å²) in [6.07, 6.45) is 2.33. The largest absolute Gasteiger partial charge is 0.484 e. The summed E-state index contributed by atoms with van der Waals surface area (Å²) >= 11 is 5.81. The molecule has 1 fully saturated rings. The van der Waals surface area contributed by atoms with Crippen LogP contribution in [0.4, 0.5) is 4.39 Å². The molecule has 4 heteroatoms. The minimum absolute atomic E-state index is 0.0782. The van der Waals surface area contributed by atoms with Gasteiger partial charge in [0.25, 0.3) is 0 Å². The van der Waals surface area contributed by atoms with E-state index >= 15 is 0 Å². The number of ether oxygens (including phenoxy) is 1. The van der Waals surface area contributed by atoms with Crippen molar-refractivity contribution in [3.05, 3.63) is 64.9 Å². The standard InChI is InChI=1S/C17H17ClFNO/c18-15-10-14(8-9-16(15)19)21-17(11-20-13-6-7-13)12-4-2-1-3-5-12/h1-5,8-10,13,17,20H,6-7,11H2. The Morgan fingerprint density at radius 3 is 2.62 bits per heavy atom. The molecule has 0 amide bonds. The van der Waals surface area contributed by atoms with E-state index in [9.17, 15) is 4.39 Å². The summed E-state index contributed by atoms with van der Waals surface area (Å²) in [5.41, 5.74) is 1.09. The molecule has 0 heterocycles. The first-order valence-corrected chi connectivity index (χ1v) is 7.50. The second-order valence-corrected chi connectivity index (χ2v) is 5.68. The number of benzene rings is 2. The molecule has 3 rings (SSSR count). The zero-order valence-electron chi connectivity index (χ0n) is 11.6. The van der Waals surface area contributed by atoms with E-state index in [0.29, 0.717) is 11.8 Å². The van der Waals surface area contributed by atoms with E-state index in [1.54, 1.807) is 6.07 Å². The van der Waals surface area contributed by atoms with E-state index in [2.05, 4.69) is 5.32 Å². The molecule has 0 radical (unpaired) electrons. The van der Waals surface area contributed by atoms with E-state index < -0.39 is 5.82 Å². The first-order valence-electron chi connectivity index (χ1n) is 7.12. The lowest BCUT2D eigenvalue weighted by Crippen LogP contribution is -2.26. The van der Waals surface area contributed by atoms with Crippen LogP contribution >= 0.6 is 11.6 Å². The van der Waals surface area contributed by atoms with Crippen LogP contribution in [0.2, 0.25) is 5.02 Å². The summed E-state index contributed by atoms with van der Waals surface area (Å²) in [6.45, 7) is 0.726. The molecule has 2 aromatic carbocycles. The van der Waals surface area contributed by atoms with Gasteiger partial charge in [-0.15, -0.1) is 0 Å². The number of halogens is 2. The van der Waals surface area contributed by atoms with Crippen LogP contribution in [0.15, 0.2) is 48.5 Å². The Kier molecular flexibility index (Phi) is 4.42. The molecule has 0 saturated heterocycles. The van der Waals surface area contributed by atoms with Crippen LogP contribution in [0.5, 0.6) is 5.75 Å². The summed E-state index contributed by atoms with van der Waals surface area (Å²) < 4.78 is 19.2. The van der Waals surface area contributed by atoms with Gasteiger partial charge < -0.3 is 10.1 Å². The Bertz CT molecular complexity index is 601. The van der Waals surface area contributed by atoms with Crippen LogP contribution < -0.4 is 10.1 Å². The molecule has 1 N–H and O–H groups in total. The van der Waals surface area contributed by atoms with Gasteiger partial charge in [0.2, 0.25) is 0 Å². The van der Waals surface area contributed by atoms with Crippen LogP contribution in [-0.2, 0) is 0 Å². The molecular weight excluding hydrogens is 289 g/mol. The van der Waals surface area contributed by atoms with E-state index in [-0.39, 0.29) is 11.1 Å². The lowest BCUT2D eigenvalue weighted by molar-refractivity contribution is 0.201. The molecule has 2 nitrogen and oxygen atoms in total. The zero-order chi connectivity index (χ0) is 14.7. The quantitative estimate of drug-likeness (QED) is 0.856. The first kappa shape index (κ1) is 14.4. The van der Waals surface area contributed by atoms with E-state index in [4.69, 9.17) is 16.3 Å². The normalized spacial score (nSPS) is 15.7. The maximum absolute atomic E-state index is 13.2. The monoisotopic (exact) mass is 305 g/mol. The van der Waals surface area contributed by atoms with Gasteiger partial charge >= 0.3 is 0 Å². The van der Waals surface area contributed by atoms with Crippen LogP contribution in [0.3, 0.4) is 0 Å². The van der Waals surface area contributed by atoms with Crippen LogP contribution in [0.1, 0.15) is 24.5 Å². The van der Waals surface area contributed by atoms with Crippen molar-refractivity contribution >= 4 is 11.6 Å². The van der Waals surface area contributed by atoms with Gasteiger partial charge in [-0.25, -0.2) is 4.39 Å². The topological polar surface area (TPSA) is 21.3 Å². The summed E-state index contributed by atoms with van der Waals surface area (Å²) in [6, 6.07) is 15.1. The third-order valence-electron chi connectivity index (χ3n) is 3.51. The molecule has 110 valence electrons. The van der Waals surface area contributed by atoms with Crippen molar-refractivity contribution in [1.82, 2.24) is 5.32 Å². The van der Waals surface area contributed by atoms with Gasteiger partial charge in [0.05, 0.1) is 5.02 Å². The molecular formula is C17H17ClFNO. The van der Waals surface area contributed by atoms with Crippen molar-refractivity contribution in [1.29, 1.82) is 0 Å². The summed E-state index contributed by atoms with van der Waals surface area (Å²) in [7, 11) is 0. The Morgan fingerprint density at radius 2 is 1.95 bits per heavy atom. The third-order valence-corrected chi connectivity index (χ3v) is 3.80. The van der Waals surface area contributed by atoms with Crippen LogP contribution in [0.25, 0.3) is 0 Å². The van der Waals surface area contributed by atoms with Gasteiger partial charge in [-0.1, -0.05) is 41.9 Å². The summed E-state index contributed by atoms with van der Waals surface area (Å²) in [5, 5.41) is 3.55. The molecule has 0 aromatic heterocycles. The lowest BCUT2D eigenvalue weighted by atomic mass is 10.1. The third kappa shape index (κ3) is 3.96. The average molecular weight is 306 g/mol. The first-order chi connectivity index (χ1) is 10.2. The number of hydrogen-bond acceptors (Lipinski definition) is 2. The van der Waals surface area contributed by atoms with Gasteiger partial charge in [-0.2, -0.15) is 0 Å². The summed E-state index contributed by atoms with van der Waals surface area (Å²) in [5.74, 6) is 0.143. The van der Waals surface area contributed by atoms with Crippen molar-refractivity contribution in [2.45, 2.75) is 25.0 Å². The molecule has 0 bridgehead atoms. The number of nitrogens with one attached hydrogen (secondary N) is 1. The van der Waals surface area contributed by atoms with E-state index in [1.165, 1.54) is 25.0 Å². The predicted octanol–water partition coefficient (Wildman–Crippen LogP) is 4.35. The molecule has 0 aliphatic heterocycles. The van der Waals surface area contributed by atoms with E-state index in [1.807, 2.05) is 30.3 Å². The molecule has 1 atom stereocenters. The Labute approximate surface area is 128 Å². The lowest BCUT2D eigenvalue weighted by Gasteiger charge is -2.20. The Hall–Kier alpha value is -1.58. The second-order valence-electron chi connectivity index (χ2n) is 5.28. The van der Waals surface area contributed by atoms with Crippen molar-refractivity contribution in [2.24, 2.45) is 0 Å². The fraction of sp³-hybridized carbons (Fsp3) is 0.294. The number of rotatable bonds is 6. The molecule has 21 heavy (non-hydrogen) atoms. The molecule has 1 aliphatic rings. The second kappa shape index (κ2) is 6.46. The van der Waals surface area contributed by atoms with Crippen LogP contribution in [-0.4, -0.2) is 12.6 Å². The highest BCUT2D eigenvalue weighted by molar-refractivity contribution is 6.30. The Balaban J connectivity index is 1.75. The van der Waals surface area contributed by atoms with Gasteiger partial charge in [0.1, 0.15) is 17.7 Å². The highest BCUT2D eigenvalue weighted by Crippen LogP contribution is 2.27. The van der Waals surface area contributed by atoms with Gasteiger partial charge in [0, 0.05) is 18.7 Å². The fourth-order valence-electron chi connectivity index (χ4n) is 2.17. The minimum atomic E-state index is -0.434. The van der Waals surface area contributed by atoms with Crippen LogP contribution in [0, 0.1) is 5.82 Å². The van der Waals surface area contributed by atoms with Crippen molar-refractivity contribution < 1.29 is 9.13 Å². The van der Waals surface area contributed by atoms with Gasteiger partial charge in [-0.3, -0.25) is 0 Å². The zero-order valence-corrected chi connectivity index (χ0v) is 12.3. The predicted molar refractivity (Wildman–Crippen MR) is 82.2 cm³/mol. The number of hydrogen-bond donors (Lipinski definition) is 1. The van der Waals surface area contributed by atoms with Crippen molar-refractivity contribution in [2.75, 3.05) is 6.54 Å². The minimum Gasteiger partial charge on any atom is -0.484 e. The fourth-order valence-corrected chi connectivity index (χ4v) is 2.34. The SMILES string of the molecule is Fc1ccc(OC(CNC2CC2)c2ccccc2)cc1Cl. The van der Waals surface area contributed by atoms with Crippen molar-refractivity contribution in [3.8, 4) is 5.75 Å². The molecule has 2 aromatic rings. The Morgan fingerprint density at radius 1 is 1.19 bits per heavy atom. The van der Waals surface area contributed by atoms with Gasteiger partial charge in [-0.05, 0) is 30.5 Å². The maximum atomic E-state index is 13.2. The molecule has 1 unspecified atom stereocenters. The maximum Gasteiger partial charge on any atom is 0.142 e. The molecule has 1 saturated carbocycles. The smallest absolute Gasteiger partial charge is 0.142 e. The van der Waals surface area contributed by atoms with E-state index in [0.717, 1.165) is 12.1 Å². The molecule has 1 aliphatic carbocycles. The highest BCUT2D eigenvalue weighted by atomic mass is 35.5. The highest BCUT2D eigenvalue weighted by Gasteiger charge is 2.23. The molecule has 0 spiro atoms.